The molecule has 0 fully saturated rings. The quantitative estimate of drug-likeness (QED) is 0.316. The SMILES string of the molecule is CC(C)(C)c1cc(-c2cccc3c2C=C[CH]3)cc(C(C)(C)C)c1.[Cl][Hf][Cl]. The third kappa shape index (κ3) is 5.33. The molecule has 0 spiro atoms. The van der Waals surface area contributed by atoms with E-state index in [4.69, 9.17) is 17.2 Å². The van der Waals surface area contributed by atoms with Gasteiger partial charge in [0.1, 0.15) is 0 Å². The number of halogens is 2. The first kappa shape index (κ1) is 21.9. The molecular weight excluding hydrogens is 526 g/mol. The predicted molar refractivity (Wildman–Crippen MR) is 113 cm³/mol. The van der Waals surface area contributed by atoms with Crippen molar-refractivity contribution < 1.29 is 20.5 Å². The molecule has 0 aromatic heterocycles. The summed E-state index contributed by atoms with van der Waals surface area (Å²) in [6.07, 6.45) is 6.56. The third-order valence-electron chi connectivity index (χ3n) is 4.65. The number of benzene rings is 2. The summed E-state index contributed by atoms with van der Waals surface area (Å²) in [4.78, 5) is 0. The van der Waals surface area contributed by atoms with Crippen LogP contribution in [0.5, 0.6) is 0 Å². The Morgan fingerprint density at radius 3 is 1.85 bits per heavy atom. The molecule has 0 unspecified atom stereocenters. The molecule has 1 aliphatic carbocycles. The first-order chi connectivity index (χ1) is 12.1. The molecule has 137 valence electrons. The van der Waals surface area contributed by atoms with Gasteiger partial charge in [-0.1, -0.05) is 90.1 Å². The first-order valence-corrected chi connectivity index (χ1v) is 17.8. The third-order valence-corrected chi connectivity index (χ3v) is 4.65. The summed E-state index contributed by atoms with van der Waals surface area (Å²) in [5, 5.41) is 0. The van der Waals surface area contributed by atoms with Crippen LogP contribution >= 0.6 is 17.2 Å². The molecule has 0 atom stereocenters. The zero-order valence-corrected chi connectivity index (χ0v) is 21.6. The normalized spacial score (nSPS) is 13.1. The molecule has 0 aliphatic heterocycles. The van der Waals surface area contributed by atoms with Crippen LogP contribution in [-0.4, -0.2) is 0 Å². The van der Waals surface area contributed by atoms with E-state index in [1.807, 2.05) is 0 Å². The van der Waals surface area contributed by atoms with Gasteiger partial charge in [-0.25, -0.2) is 0 Å². The van der Waals surface area contributed by atoms with Crippen LogP contribution in [0.1, 0.15) is 63.8 Å². The standard InChI is InChI=1S/C23H27.2ClH.Hf/c1-22(2,3)18-13-17(14-19(15-18)23(4,5)6)21-12-8-10-16-9-7-11-20(16)21;;;/h7-15H,1-6H3;2*1H;/q;;;+2/p-2. The summed E-state index contributed by atoms with van der Waals surface area (Å²) in [6, 6.07) is 13.7. The molecule has 0 saturated carbocycles. The maximum atomic E-state index is 4.96. The molecule has 0 nitrogen and oxygen atoms in total. The van der Waals surface area contributed by atoms with Crippen molar-refractivity contribution in [3.63, 3.8) is 0 Å². The van der Waals surface area contributed by atoms with Crippen molar-refractivity contribution >= 4 is 23.2 Å². The van der Waals surface area contributed by atoms with Crippen LogP contribution in [0.2, 0.25) is 0 Å². The Morgan fingerprint density at radius 1 is 0.808 bits per heavy atom. The van der Waals surface area contributed by atoms with Crippen molar-refractivity contribution in [2.45, 2.75) is 52.4 Å². The van der Waals surface area contributed by atoms with Crippen molar-refractivity contribution in [2.75, 3.05) is 0 Å². The molecule has 1 radical (unpaired) electrons. The van der Waals surface area contributed by atoms with E-state index in [1.165, 1.54) is 33.4 Å². The molecule has 2 aromatic rings. The van der Waals surface area contributed by atoms with Crippen LogP contribution in [0.25, 0.3) is 17.2 Å². The minimum atomic E-state index is -0.972. The molecule has 0 amide bonds. The number of allylic oxidation sites excluding steroid dienone is 1. The molecule has 0 heterocycles. The average Bonchev–Trinajstić information content (AvgIpc) is 3.02. The fraction of sp³-hybridized carbons (Fsp3) is 0.348. The fourth-order valence-electron chi connectivity index (χ4n) is 3.06. The molecule has 0 bridgehead atoms. The second-order valence-electron chi connectivity index (χ2n) is 8.70. The molecule has 3 rings (SSSR count). The monoisotopic (exact) mass is 553 g/mol. The van der Waals surface area contributed by atoms with E-state index in [1.54, 1.807) is 0 Å². The van der Waals surface area contributed by atoms with Crippen molar-refractivity contribution in [3.8, 4) is 11.1 Å². The van der Waals surface area contributed by atoms with E-state index < -0.39 is 20.5 Å². The second-order valence-corrected chi connectivity index (χ2v) is 13.9. The Kier molecular flexibility index (Phi) is 7.38. The predicted octanol–water partition coefficient (Wildman–Crippen LogP) is 7.90. The summed E-state index contributed by atoms with van der Waals surface area (Å²) in [5.41, 5.74) is 8.45. The van der Waals surface area contributed by atoms with Crippen molar-refractivity contribution in [3.05, 3.63) is 71.1 Å². The number of fused-ring (bicyclic) bond motifs is 1. The van der Waals surface area contributed by atoms with Gasteiger partial charge in [0.2, 0.25) is 0 Å². The summed E-state index contributed by atoms with van der Waals surface area (Å²) in [5.74, 6) is 0. The Hall–Kier alpha value is -0.370. The Labute approximate surface area is 177 Å². The summed E-state index contributed by atoms with van der Waals surface area (Å²) < 4.78 is 0. The van der Waals surface area contributed by atoms with Gasteiger partial charge in [0.15, 0.2) is 0 Å². The zero-order valence-electron chi connectivity index (χ0n) is 16.5. The number of rotatable bonds is 1. The van der Waals surface area contributed by atoms with Gasteiger partial charge in [-0.15, -0.1) is 0 Å². The molecule has 0 saturated heterocycles. The molecule has 3 heteroatoms. The Bertz CT molecular complexity index is 761. The van der Waals surface area contributed by atoms with E-state index in [9.17, 15) is 0 Å². The number of hydrogen-bond donors (Lipinski definition) is 0. The van der Waals surface area contributed by atoms with Gasteiger partial charge in [0, 0.05) is 6.42 Å². The summed E-state index contributed by atoms with van der Waals surface area (Å²) >= 11 is -0.972. The van der Waals surface area contributed by atoms with Crippen LogP contribution in [0.4, 0.5) is 0 Å². The van der Waals surface area contributed by atoms with E-state index in [0.717, 1.165) is 0 Å². The van der Waals surface area contributed by atoms with E-state index in [2.05, 4.69) is 96.5 Å². The first-order valence-electron chi connectivity index (χ1n) is 8.85. The van der Waals surface area contributed by atoms with Crippen LogP contribution in [0.15, 0.2) is 42.5 Å². The van der Waals surface area contributed by atoms with Gasteiger partial charge in [-0.3, -0.25) is 0 Å². The molecular formula is C23H27Cl2Hf. The maximum absolute atomic E-state index is 4.96. The summed E-state index contributed by atoms with van der Waals surface area (Å²) in [7, 11) is 9.92. The van der Waals surface area contributed by atoms with Crippen LogP contribution in [-0.2, 0) is 31.4 Å². The van der Waals surface area contributed by atoms with Gasteiger partial charge in [-0.05, 0) is 44.2 Å². The van der Waals surface area contributed by atoms with Gasteiger partial charge in [0.05, 0.1) is 0 Å². The Balaban J connectivity index is 0.000000758. The van der Waals surface area contributed by atoms with Gasteiger partial charge in [0.25, 0.3) is 0 Å². The zero-order chi connectivity index (χ0) is 19.5. The van der Waals surface area contributed by atoms with Gasteiger partial charge >= 0.3 is 37.7 Å². The molecule has 0 N–H and O–H groups in total. The number of hydrogen-bond acceptors (Lipinski definition) is 0. The van der Waals surface area contributed by atoms with Crippen molar-refractivity contribution in [1.82, 2.24) is 0 Å². The van der Waals surface area contributed by atoms with E-state index >= 15 is 0 Å². The minimum absolute atomic E-state index is 0.149. The van der Waals surface area contributed by atoms with Crippen molar-refractivity contribution in [2.24, 2.45) is 0 Å². The van der Waals surface area contributed by atoms with Gasteiger partial charge in [-0.2, -0.15) is 0 Å². The van der Waals surface area contributed by atoms with E-state index in [-0.39, 0.29) is 10.8 Å². The summed E-state index contributed by atoms with van der Waals surface area (Å²) in [6.45, 7) is 13.8. The van der Waals surface area contributed by atoms with Crippen LogP contribution < -0.4 is 0 Å². The molecule has 26 heavy (non-hydrogen) atoms. The molecule has 1 aliphatic rings. The van der Waals surface area contributed by atoms with Crippen LogP contribution in [0.3, 0.4) is 0 Å². The topological polar surface area (TPSA) is 0 Å². The van der Waals surface area contributed by atoms with Crippen LogP contribution in [0, 0.1) is 6.42 Å². The fourth-order valence-corrected chi connectivity index (χ4v) is 3.06. The second kappa shape index (κ2) is 8.76. The van der Waals surface area contributed by atoms with Crippen molar-refractivity contribution in [1.29, 1.82) is 0 Å². The van der Waals surface area contributed by atoms with Gasteiger partial charge < -0.3 is 0 Å². The van der Waals surface area contributed by atoms with E-state index in [0.29, 0.717) is 0 Å². The average molecular weight is 553 g/mol. The Morgan fingerprint density at radius 2 is 1.35 bits per heavy atom. The molecule has 2 aromatic carbocycles.